The SMILES string of the molecule is CCNC(c1ccc(C(C)(C)C)s1)C1CCCC1. The molecule has 1 nitrogen and oxygen atoms in total. The minimum Gasteiger partial charge on any atom is -0.309 e. The molecule has 0 spiro atoms. The van der Waals surface area contributed by atoms with Crippen LogP contribution in [0.1, 0.15) is 69.2 Å². The zero-order valence-corrected chi connectivity index (χ0v) is 13.1. The van der Waals surface area contributed by atoms with Gasteiger partial charge in [0.1, 0.15) is 0 Å². The van der Waals surface area contributed by atoms with Gasteiger partial charge in [0.15, 0.2) is 0 Å². The quantitative estimate of drug-likeness (QED) is 0.817. The van der Waals surface area contributed by atoms with Gasteiger partial charge in [0, 0.05) is 15.8 Å². The number of hydrogen-bond acceptors (Lipinski definition) is 2. The number of thiophene rings is 1. The molecule has 0 amide bonds. The average Bonchev–Trinajstić information content (AvgIpc) is 2.96. The highest BCUT2D eigenvalue weighted by molar-refractivity contribution is 7.12. The highest BCUT2D eigenvalue weighted by Crippen LogP contribution is 2.40. The van der Waals surface area contributed by atoms with Crippen LogP contribution in [0.2, 0.25) is 0 Å². The normalized spacial score (nSPS) is 19.3. The lowest BCUT2D eigenvalue weighted by Crippen LogP contribution is -2.26. The van der Waals surface area contributed by atoms with Gasteiger partial charge in [0.25, 0.3) is 0 Å². The molecule has 1 heterocycles. The van der Waals surface area contributed by atoms with Crippen molar-refractivity contribution >= 4 is 11.3 Å². The van der Waals surface area contributed by atoms with Crippen LogP contribution in [0.4, 0.5) is 0 Å². The Morgan fingerprint density at radius 3 is 2.44 bits per heavy atom. The first kappa shape index (κ1) is 14.1. The Kier molecular flexibility index (Phi) is 4.50. The molecule has 1 aromatic heterocycles. The molecule has 0 radical (unpaired) electrons. The molecule has 0 aromatic carbocycles. The summed E-state index contributed by atoms with van der Waals surface area (Å²) in [5.74, 6) is 0.858. The second kappa shape index (κ2) is 5.75. The van der Waals surface area contributed by atoms with Crippen LogP contribution in [0.25, 0.3) is 0 Å². The van der Waals surface area contributed by atoms with E-state index in [1.54, 1.807) is 4.88 Å². The highest BCUT2D eigenvalue weighted by Gasteiger charge is 2.27. The van der Waals surface area contributed by atoms with Crippen LogP contribution in [0.5, 0.6) is 0 Å². The van der Waals surface area contributed by atoms with Gasteiger partial charge in [-0.05, 0) is 42.9 Å². The first-order chi connectivity index (χ1) is 8.52. The van der Waals surface area contributed by atoms with Gasteiger partial charge >= 0.3 is 0 Å². The van der Waals surface area contributed by atoms with Crippen LogP contribution in [0, 0.1) is 5.92 Å². The number of nitrogens with one attached hydrogen (secondary N) is 1. The van der Waals surface area contributed by atoms with Gasteiger partial charge in [-0.25, -0.2) is 0 Å². The predicted molar refractivity (Wildman–Crippen MR) is 81.4 cm³/mol. The van der Waals surface area contributed by atoms with Crippen molar-refractivity contribution in [2.45, 2.75) is 64.8 Å². The number of rotatable bonds is 4. The second-order valence-corrected chi connectivity index (χ2v) is 7.65. The molecule has 1 N–H and O–H groups in total. The largest absolute Gasteiger partial charge is 0.309 e. The predicted octanol–water partition coefficient (Wildman–Crippen LogP) is 4.89. The number of hydrogen-bond donors (Lipinski definition) is 1. The molecule has 1 aliphatic rings. The van der Waals surface area contributed by atoms with Crippen molar-refractivity contribution in [2.24, 2.45) is 5.92 Å². The lowest BCUT2D eigenvalue weighted by Gasteiger charge is -2.23. The minimum atomic E-state index is 0.287. The Bertz CT molecular complexity index is 369. The monoisotopic (exact) mass is 265 g/mol. The second-order valence-electron chi connectivity index (χ2n) is 6.53. The molecule has 18 heavy (non-hydrogen) atoms. The maximum atomic E-state index is 3.72. The zero-order chi connectivity index (χ0) is 13.2. The van der Waals surface area contributed by atoms with E-state index in [9.17, 15) is 0 Å². The van der Waals surface area contributed by atoms with Crippen LogP contribution in [-0.2, 0) is 5.41 Å². The zero-order valence-electron chi connectivity index (χ0n) is 12.3. The van der Waals surface area contributed by atoms with E-state index < -0.39 is 0 Å². The van der Waals surface area contributed by atoms with Crippen LogP contribution in [0.15, 0.2) is 12.1 Å². The Labute approximate surface area is 116 Å². The molecule has 0 aliphatic heterocycles. The summed E-state index contributed by atoms with van der Waals surface area (Å²) in [5, 5.41) is 3.72. The van der Waals surface area contributed by atoms with Crippen molar-refractivity contribution in [1.29, 1.82) is 0 Å². The summed E-state index contributed by atoms with van der Waals surface area (Å²) in [4.78, 5) is 3.06. The van der Waals surface area contributed by atoms with E-state index in [2.05, 4.69) is 45.1 Å². The molecule has 102 valence electrons. The molecular formula is C16H27NS. The van der Waals surface area contributed by atoms with E-state index in [0.29, 0.717) is 6.04 Å². The standard InChI is InChI=1S/C16H27NS/c1-5-17-15(12-8-6-7-9-12)13-10-11-14(18-13)16(2,3)4/h10-12,15,17H,5-9H2,1-4H3. The van der Waals surface area contributed by atoms with Crippen molar-refractivity contribution in [3.63, 3.8) is 0 Å². The maximum absolute atomic E-state index is 3.72. The fourth-order valence-electron chi connectivity index (χ4n) is 2.93. The molecular weight excluding hydrogens is 238 g/mol. The lowest BCUT2D eigenvalue weighted by atomic mass is 9.94. The third kappa shape index (κ3) is 3.16. The Morgan fingerprint density at radius 2 is 1.94 bits per heavy atom. The third-order valence-electron chi connectivity index (χ3n) is 3.97. The Hall–Kier alpha value is -0.340. The molecule has 0 bridgehead atoms. The molecule has 1 unspecified atom stereocenters. The third-order valence-corrected chi connectivity index (χ3v) is 5.56. The maximum Gasteiger partial charge on any atom is 0.0443 e. The minimum absolute atomic E-state index is 0.287. The summed E-state index contributed by atoms with van der Waals surface area (Å²) in [6, 6.07) is 5.29. The topological polar surface area (TPSA) is 12.0 Å². The van der Waals surface area contributed by atoms with Crippen molar-refractivity contribution in [2.75, 3.05) is 6.54 Å². The molecule has 1 fully saturated rings. The van der Waals surface area contributed by atoms with Gasteiger partial charge in [-0.3, -0.25) is 0 Å². The molecule has 2 rings (SSSR count). The van der Waals surface area contributed by atoms with Gasteiger partial charge in [-0.1, -0.05) is 40.5 Å². The van der Waals surface area contributed by atoms with Gasteiger partial charge in [0.05, 0.1) is 0 Å². The van der Waals surface area contributed by atoms with Crippen molar-refractivity contribution in [3.8, 4) is 0 Å². The van der Waals surface area contributed by atoms with E-state index in [1.165, 1.54) is 30.6 Å². The van der Waals surface area contributed by atoms with Gasteiger partial charge < -0.3 is 5.32 Å². The van der Waals surface area contributed by atoms with E-state index in [0.717, 1.165) is 12.5 Å². The van der Waals surface area contributed by atoms with Crippen molar-refractivity contribution in [3.05, 3.63) is 21.9 Å². The van der Waals surface area contributed by atoms with Crippen molar-refractivity contribution in [1.82, 2.24) is 5.32 Å². The van der Waals surface area contributed by atoms with Crippen LogP contribution in [-0.4, -0.2) is 6.54 Å². The van der Waals surface area contributed by atoms with Crippen LogP contribution in [0.3, 0.4) is 0 Å². The van der Waals surface area contributed by atoms with Crippen molar-refractivity contribution < 1.29 is 0 Å². The molecule has 1 atom stereocenters. The molecule has 0 saturated heterocycles. The summed E-state index contributed by atoms with van der Waals surface area (Å²) < 4.78 is 0. The summed E-state index contributed by atoms with van der Waals surface area (Å²) in [7, 11) is 0. The molecule has 1 aliphatic carbocycles. The summed E-state index contributed by atoms with van der Waals surface area (Å²) >= 11 is 2.01. The van der Waals surface area contributed by atoms with Gasteiger partial charge in [-0.2, -0.15) is 0 Å². The fraction of sp³-hybridized carbons (Fsp3) is 0.750. The first-order valence-corrected chi connectivity index (χ1v) is 8.17. The first-order valence-electron chi connectivity index (χ1n) is 7.36. The fourth-order valence-corrected chi connectivity index (χ4v) is 4.17. The van der Waals surface area contributed by atoms with E-state index in [1.807, 2.05) is 11.3 Å². The van der Waals surface area contributed by atoms with Gasteiger partial charge in [-0.15, -0.1) is 11.3 Å². The summed E-state index contributed by atoms with van der Waals surface area (Å²) in [6.45, 7) is 10.2. The lowest BCUT2D eigenvalue weighted by molar-refractivity contribution is 0.379. The van der Waals surface area contributed by atoms with E-state index in [-0.39, 0.29) is 5.41 Å². The average molecular weight is 265 g/mol. The van der Waals surface area contributed by atoms with Crippen LogP contribution >= 0.6 is 11.3 Å². The van der Waals surface area contributed by atoms with Crippen LogP contribution < -0.4 is 5.32 Å². The molecule has 2 heteroatoms. The smallest absolute Gasteiger partial charge is 0.0443 e. The molecule has 1 saturated carbocycles. The van der Waals surface area contributed by atoms with E-state index in [4.69, 9.17) is 0 Å². The molecule has 1 aromatic rings. The van der Waals surface area contributed by atoms with E-state index >= 15 is 0 Å². The summed E-state index contributed by atoms with van der Waals surface area (Å²) in [6.07, 6.45) is 5.65. The van der Waals surface area contributed by atoms with Gasteiger partial charge in [0.2, 0.25) is 0 Å². The summed E-state index contributed by atoms with van der Waals surface area (Å²) in [5.41, 5.74) is 0.287. The highest BCUT2D eigenvalue weighted by atomic mass is 32.1. The Balaban J connectivity index is 2.17. The Morgan fingerprint density at radius 1 is 1.28 bits per heavy atom.